The lowest BCUT2D eigenvalue weighted by atomic mass is 10.2. The number of carbonyl (C=O) groups excluding carboxylic acids is 1. The van der Waals surface area contributed by atoms with Gasteiger partial charge in [-0.3, -0.25) is 9.78 Å². The highest BCUT2D eigenvalue weighted by molar-refractivity contribution is 7.22. The lowest BCUT2D eigenvalue weighted by Gasteiger charge is -2.10. The van der Waals surface area contributed by atoms with Gasteiger partial charge in [-0.2, -0.15) is 0 Å². The number of fused-ring (bicyclic) bond motifs is 1. The van der Waals surface area contributed by atoms with Crippen molar-refractivity contribution >= 4 is 38.9 Å². The van der Waals surface area contributed by atoms with Gasteiger partial charge in [0.2, 0.25) is 0 Å². The number of pyridine rings is 1. The van der Waals surface area contributed by atoms with Gasteiger partial charge in [0.05, 0.1) is 18.6 Å². The average molecular weight is 363 g/mol. The van der Waals surface area contributed by atoms with Crippen LogP contribution in [0.3, 0.4) is 0 Å². The maximum atomic E-state index is 12.5. The summed E-state index contributed by atoms with van der Waals surface area (Å²) < 4.78 is 12.0. The number of nitrogens with zero attached hydrogens (tertiary/aromatic N) is 1. The third-order valence-corrected chi connectivity index (χ3v) is 4.76. The Morgan fingerprint density at radius 2 is 2.00 bits per heavy atom. The van der Waals surface area contributed by atoms with E-state index in [0.29, 0.717) is 28.1 Å². The molecular weight excluding hydrogens is 348 g/mol. The third kappa shape index (κ3) is 3.29. The maximum absolute atomic E-state index is 12.5. The molecule has 3 rings (SSSR count). The highest BCUT2D eigenvalue weighted by Gasteiger charge is 2.14. The number of hydrogen-bond donors (Lipinski definition) is 1. The van der Waals surface area contributed by atoms with Crippen molar-refractivity contribution in [3.63, 3.8) is 0 Å². The van der Waals surface area contributed by atoms with Gasteiger partial charge >= 0.3 is 0 Å². The van der Waals surface area contributed by atoms with Gasteiger partial charge in [-0.05, 0) is 29.8 Å². The summed E-state index contributed by atoms with van der Waals surface area (Å²) in [4.78, 5) is 16.6. The van der Waals surface area contributed by atoms with Crippen LogP contribution in [0.25, 0.3) is 10.1 Å². The van der Waals surface area contributed by atoms with Crippen molar-refractivity contribution in [2.45, 2.75) is 6.54 Å². The molecule has 124 valence electrons. The number of halogens is 1. The van der Waals surface area contributed by atoms with Crippen LogP contribution in [-0.4, -0.2) is 25.1 Å². The molecule has 0 saturated carbocycles. The van der Waals surface area contributed by atoms with Crippen LogP contribution < -0.4 is 14.8 Å². The maximum Gasteiger partial charge on any atom is 0.270 e. The average Bonchev–Trinajstić information content (AvgIpc) is 2.99. The number of benzene rings is 1. The zero-order valence-corrected chi connectivity index (χ0v) is 14.7. The van der Waals surface area contributed by atoms with E-state index in [1.165, 1.54) is 11.3 Å². The van der Waals surface area contributed by atoms with E-state index in [-0.39, 0.29) is 5.91 Å². The molecule has 0 fully saturated rings. The number of amides is 1. The fraction of sp³-hybridized carbons (Fsp3) is 0.176. The largest absolute Gasteiger partial charge is 0.493 e. The summed E-state index contributed by atoms with van der Waals surface area (Å²) in [6.45, 7) is 0.356. The zero-order chi connectivity index (χ0) is 17.1. The quantitative estimate of drug-likeness (QED) is 0.747. The number of ether oxygens (including phenoxy) is 2. The van der Waals surface area contributed by atoms with E-state index in [2.05, 4.69) is 10.3 Å². The second kappa shape index (κ2) is 7.07. The predicted octanol–water partition coefficient (Wildman–Crippen LogP) is 3.90. The monoisotopic (exact) mass is 362 g/mol. The van der Waals surface area contributed by atoms with Gasteiger partial charge in [-0.25, -0.2) is 0 Å². The molecule has 1 aromatic carbocycles. The minimum Gasteiger partial charge on any atom is -0.493 e. The molecule has 0 aliphatic rings. The summed E-state index contributed by atoms with van der Waals surface area (Å²) in [7, 11) is 3.16. The molecule has 2 heterocycles. The highest BCUT2D eigenvalue weighted by Crippen LogP contribution is 2.31. The van der Waals surface area contributed by atoms with Crippen LogP contribution in [0.5, 0.6) is 11.5 Å². The lowest BCUT2D eigenvalue weighted by Crippen LogP contribution is -2.23. The molecule has 2 aromatic heterocycles. The van der Waals surface area contributed by atoms with Gasteiger partial charge < -0.3 is 14.8 Å². The summed E-state index contributed by atoms with van der Waals surface area (Å²) in [5.74, 6) is 1.02. The zero-order valence-electron chi connectivity index (χ0n) is 13.1. The van der Waals surface area contributed by atoms with E-state index in [4.69, 9.17) is 21.1 Å². The van der Waals surface area contributed by atoms with Crippen molar-refractivity contribution in [1.82, 2.24) is 10.3 Å². The second-order valence-electron chi connectivity index (χ2n) is 4.99. The van der Waals surface area contributed by atoms with E-state index in [9.17, 15) is 4.79 Å². The van der Waals surface area contributed by atoms with Gasteiger partial charge in [0.1, 0.15) is 5.69 Å². The molecule has 0 radical (unpaired) electrons. The Bertz CT molecular complexity index is 895. The molecule has 5 nitrogen and oxygen atoms in total. The number of nitrogens with one attached hydrogen (secondary N) is 1. The van der Waals surface area contributed by atoms with E-state index >= 15 is 0 Å². The Morgan fingerprint density at radius 3 is 2.75 bits per heavy atom. The van der Waals surface area contributed by atoms with Crippen LogP contribution >= 0.6 is 22.9 Å². The summed E-state index contributed by atoms with van der Waals surface area (Å²) in [5.41, 5.74) is 1.27. The normalized spacial score (nSPS) is 10.6. The lowest BCUT2D eigenvalue weighted by molar-refractivity contribution is 0.0948. The molecule has 0 aliphatic carbocycles. The number of carbonyl (C=O) groups is 1. The first kappa shape index (κ1) is 16.5. The molecule has 0 aliphatic heterocycles. The number of thiophene rings is 1. The Balaban J connectivity index is 1.77. The van der Waals surface area contributed by atoms with E-state index in [0.717, 1.165) is 15.6 Å². The fourth-order valence-electron chi connectivity index (χ4n) is 2.37. The summed E-state index contributed by atoms with van der Waals surface area (Å²) in [5, 5.41) is 3.63. The van der Waals surface area contributed by atoms with Crippen LogP contribution in [-0.2, 0) is 6.54 Å². The molecule has 0 unspecified atom stereocenters. The van der Waals surface area contributed by atoms with Crippen molar-refractivity contribution < 1.29 is 14.3 Å². The van der Waals surface area contributed by atoms with Gasteiger partial charge in [-0.15, -0.1) is 11.3 Å². The summed E-state index contributed by atoms with van der Waals surface area (Å²) in [6.07, 6.45) is 1.61. The molecule has 0 saturated heterocycles. The van der Waals surface area contributed by atoms with Gasteiger partial charge in [0, 0.05) is 22.8 Å². The molecule has 0 bridgehead atoms. The van der Waals surface area contributed by atoms with Gasteiger partial charge in [-0.1, -0.05) is 17.7 Å². The van der Waals surface area contributed by atoms with Crippen molar-refractivity contribution in [3.8, 4) is 11.5 Å². The summed E-state index contributed by atoms with van der Waals surface area (Å²) in [6, 6.07) is 9.11. The van der Waals surface area contributed by atoms with Crippen LogP contribution in [0.4, 0.5) is 0 Å². The molecule has 24 heavy (non-hydrogen) atoms. The van der Waals surface area contributed by atoms with Crippen molar-refractivity contribution in [2.75, 3.05) is 14.2 Å². The minimum absolute atomic E-state index is 0.246. The first-order valence-electron chi connectivity index (χ1n) is 7.15. The SMILES string of the molecule is COc1ccc(CNC(=O)c2nccc3sc(Cl)cc23)cc1OC. The molecule has 1 amide bonds. The van der Waals surface area contributed by atoms with Crippen molar-refractivity contribution in [1.29, 1.82) is 0 Å². The predicted molar refractivity (Wildman–Crippen MR) is 95.3 cm³/mol. The van der Waals surface area contributed by atoms with E-state index in [1.807, 2.05) is 18.2 Å². The van der Waals surface area contributed by atoms with Crippen LogP contribution in [0.2, 0.25) is 4.34 Å². The first-order valence-corrected chi connectivity index (χ1v) is 8.35. The number of methoxy groups -OCH3 is 2. The van der Waals surface area contributed by atoms with Crippen LogP contribution in [0, 0.1) is 0 Å². The molecule has 0 spiro atoms. The number of rotatable bonds is 5. The van der Waals surface area contributed by atoms with E-state index < -0.39 is 0 Å². The fourth-order valence-corrected chi connectivity index (χ4v) is 3.51. The Kier molecular flexibility index (Phi) is 4.87. The van der Waals surface area contributed by atoms with E-state index in [1.54, 1.807) is 32.5 Å². The first-order chi connectivity index (χ1) is 11.6. The van der Waals surface area contributed by atoms with Crippen molar-refractivity contribution in [2.24, 2.45) is 0 Å². The van der Waals surface area contributed by atoms with Gasteiger partial charge in [0.25, 0.3) is 5.91 Å². The second-order valence-corrected chi connectivity index (χ2v) is 6.71. The third-order valence-electron chi connectivity index (χ3n) is 3.53. The molecule has 7 heteroatoms. The molecule has 1 N–H and O–H groups in total. The Morgan fingerprint density at radius 1 is 1.21 bits per heavy atom. The Hall–Kier alpha value is -2.31. The number of aromatic nitrogens is 1. The summed E-state index contributed by atoms with van der Waals surface area (Å²) >= 11 is 7.45. The van der Waals surface area contributed by atoms with Gasteiger partial charge in [0.15, 0.2) is 11.5 Å². The molecule has 0 atom stereocenters. The molecule has 3 aromatic rings. The van der Waals surface area contributed by atoms with Crippen LogP contribution in [0.1, 0.15) is 16.1 Å². The van der Waals surface area contributed by atoms with Crippen molar-refractivity contribution in [3.05, 3.63) is 52.1 Å². The highest BCUT2D eigenvalue weighted by atomic mass is 35.5. The standard InChI is InChI=1S/C17H15ClN2O3S/c1-22-12-4-3-10(7-13(12)23-2)9-20-17(21)16-11-8-15(18)24-14(11)5-6-19-16/h3-8H,9H2,1-2H3,(H,20,21). The Labute approximate surface area is 148 Å². The smallest absolute Gasteiger partial charge is 0.270 e. The topological polar surface area (TPSA) is 60.5 Å². The molecular formula is C17H15ClN2O3S. The minimum atomic E-state index is -0.246. The number of hydrogen-bond acceptors (Lipinski definition) is 5. The van der Waals surface area contributed by atoms with Crippen LogP contribution in [0.15, 0.2) is 36.5 Å².